The SMILES string of the molecule is CCc1nccn1C[C@H](C)C(=O)N[C@H](C)CN1CCCCCC1. The Kier molecular flexibility index (Phi) is 7.09. The Balaban J connectivity index is 1.78. The zero-order chi connectivity index (χ0) is 16.7. The van der Waals surface area contributed by atoms with Crippen LogP contribution in [0.25, 0.3) is 0 Å². The summed E-state index contributed by atoms with van der Waals surface area (Å²) in [6.45, 7) is 10.2. The molecular formula is C18H32N4O. The fourth-order valence-electron chi connectivity index (χ4n) is 3.34. The number of hydrogen-bond acceptors (Lipinski definition) is 3. The Morgan fingerprint density at radius 1 is 1.22 bits per heavy atom. The van der Waals surface area contributed by atoms with Crippen LogP contribution in [0.1, 0.15) is 52.3 Å². The summed E-state index contributed by atoms with van der Waals surface area (Å²) in [7, 11) is 0. The first-order chi connectivity index (χ1) is 11.1. The third kappa shape index (κ3) is 5.65. The molecular weight excluding hydrogens is 288 g/mol. The van der Waals surface area contributed by atoms with Gasteiger partial charge in [0.15, 0.2) is 0 Å². The van der Waals surface area contributed by atoms with Crippen LogP contribution in [0.3, 0.4) is 0 Å². The summed E-state index contributed by atoms with van der Waals surface area (Å²) in [5, 5.41) is 3.18. The highest BCUT2D eigenvalue weighted by molar-refractivity contribution is 5.78. The molecule has 1 aliphatic rings. The maximum Gasteiger partial charge on any atom is 0.224 e. The van der Waals surface area contributed by atoms with Crippen LogP contribution in [0.15, 0.2) is 12.4 Å². The molecule has 1 amide bonds. The van der Waals surface area contributed by atoms with Crippen molar-refractivity contribution in [2.75, 3.05) is 19.6 Å². The van der Waals surface area contributed by atoms with E-state index in [1.165, 1.54) is 38.8 Å². The highest BCUT2D eigenvalue weighted by Crippen LogP contribution is 2.10. The van der Waals surface area contributed by atoms with Gasteiger partial charge < -0.3 is 14.8 Å². The quantitative estimate of drug-likeness (QED) is 0.839. The average Bonchev–Trinajstić information content (AvgIpc) is 2.81. The molecule has 0 unspecified atom stereocenters. The minimum absolute atomic E-state index is 0.0407. The van der Waals surface area contributed by atoms with Gasteiger partial charge in [0.1, 0.15) is 5.82 Å². The number of carbonyl (C=O) groups is 1. The summed E-state index contributed by atoms with van der Waals surface area (Å²) in [6, 6.07) is 0.205. The molecule has 1 aromatic heterocycles. The molecule has 0 bridgehead atoms. The molecule has 130 valence electrons. The number of likely N-dealkylation sites (tertiary alicyclic amines) is 1. The van der Waals surface area contributed by atoms with Crippen molar-refractivity contribution < 1.29 is 4.79 Å². The van der Waals surface area contributed by atoms with Crippen molar-refractivity contribution in [1.82, 2.24) is 19.8 Å². The van der Waals surface area contributed by atoms with Crippen LogP contribution in [0.5, 0.6) is 0 Å². The Hall–Kier alpha value is -1.36. The van der Waals surface area contributed by atoms with Crippen molar-refractivity contribution in [3.05, 3.63) is 18.2 Å². The topological polar surface area (TPSA) is 50.2 Å². The van der Waals surface area contributed by atoms with Crippen molar-refractivity contribution in [2.24, 2.45) is 5.92 Å². The number of aryl methyl sites for hydroxylation is 1. The smallest absolute Gasteiger partial charge is 0.224 e. The summed E-state index contributed by atoms with van der Waals surface area (Å²) < 4.78 is 2.09. The predicted molar refractivity (Wildman–Crippen MR) is 93.3 cm³/mol. The molecule has 1 N–H and O–H groups in total. The number of aromatic nitrogens is 2. The summed E-state index contributed by atoms with van der Waals surface area (Å²) in [5.74, 6) is 1.14. The third-order valence-electron chi connectivity index (χ3n) is 4.66. The van der Waals surface area contributed by atoms with Gasteiger partial charge in [-0.2, -0.15) is 0 Å². The van der Waals surface area contributed by atoms with E-state index < -0.39 is 0 Å². The first kappa shape index (κ1) is 18.0. The maximum absolute atomic E-state index is 12.4. The molecule has 1 aromatic rings. The molecule has 2 atom stereocenters. The van der Waals surface area contributed by atoms with E-state index in [-0.39, 0.29) is 17.9 Å². The lowest BCUT2D eigenvalue weighted by molar-refractivity contribution is -0.125. The van der Waals surface area contributed by atoms with E-state index in [0.29, 0.717) is 6.54 Å². The van der Waals surface area contributed by atoms with E-state index in [1.807, 2.05) is 19.3 Å². The maximum atomic E-state index is 12.4. The highest BCUT2D eigenvalue weighted by atomic mass is 16.1. The van der Waals surface area contributed by atoms with Crippen molar-refractivity contribution in [1.29, 1.82) is 0 Å². The molecule has 1 aliphatic heterocycles. The van der Waals surface area contributed by atoms with E-state index in [9.17, 15) is 4.79 Å². The first-order valence-electron chi connectivity index (χ1n) is 9.13. The van der Waals surface area contributed by atoms with E-state index >= 15 is 0 Å². The van der Waals surface area contributed by atoms with Gasteiger partial charge in [-0.25, -0.2) is 4.98 Å². The van der Waals surface area contributed by atoms with Crippen LogP contribution in [-0.4, -0.2) is 46.0 Å². The van der Waals surface area contributed by atoms with E-state index in [2.05, 4.69) is 33.6 Å². The van der Waals surface area contributed by atoms with Gasteiger partial charge in [0.2, 0.25) is 5.91 Å². The van der Waals surface area contributed by atoms with E-state index in [1.54, 1.807) is 0 Å². The minimum Gasteiger partial charge on any atom is -0.352 e. The summed E-state index contributed by atoms with van der Waals surface area (Å²) in [6.07, 6.45) is 9.94. The summed E-state index contributed by atoms with van der Waals surface area (Å²) in [4.78, 5) is 19.2. The van der Waals surface area contributed by atoms with Gasteiger partial charge in [0.25, 0.3) is 0 Å². The van der Waals surface area contributed by atoms with Gasteiger partial charge in [0.05, 0.1) is 5.92 Å². The second-order valence-electron chi connectivity index (χ2n) is 6.87. The van der Waals surface area contributed by atoms with Crippen LogP contribution in [0.4, 0.5) is 0 Å². The molecule has 0 spiro atoms. The third-order valence-corrected chi connectivity index (χ3v) is 4.66. The summed E-state index contributed by atoms with van der Waals surface area (Å²) in [5.41, 5.74) is 0. The fourth-order valence-corrected chi connectivity index (χ4v) is 3.34. The van der Waals surface area contributed by atoms with Gasteiger partial charge in [0, 0.05) is 37.9 Å². The lowest BCUT2D eigenvalue weighted by Crippen LogP contribution is -2.44. The monoisotopic (exact) mass is 320 g/mol. The zero-order valence-electron chi connectivity index (χ0n) is 14.9. The van der Waals surface area contributed by atoms with Gasteiger partial charge in [-0.05, 0) is 32.9 Å². The largest absolute Gasteiger partial charge is 0.352 e. The van der Waals surface area contributed by atoms with Crippen molar-refractivity contribution in [3.8, 4) is 0 Å². The van der Waals surface area contributed by atoms with Crippen LogP contribution >= 0.6 is 0 Å². The Bertz CT molecular complexity index is 477. The molecule has 1 saturated heterocycles. The van der Waals surface area contributed by atoms with Crippen molar-refractivity contribution in [2.45, 2.75) is 65.5 Å². The molecule has 5 heteroatoms. The molecule has 0 aromatic carbocycles. The summed E-state index contributed by atoms with van der Waals surface area (Å²) >= 11 is 0. The molecule has 23 heavy (non-hydrogen) atoms. The molecule has 2 rings (SSSR count). The number of amides is 1. The van der Waals surface area contributed by atoms with E-state index in [4.69, 9.17) is 0 Å². The van der Waals surface area contributed by atoms with E-state index in [0.717, 1.165) is 18.8 Å². The van der Waals surface area contributed by atoms with Gasteiger partial charge in [-0.3, -0.25) is 4.79 Å². The zero-order valence-corrected chi connectivity index (χ0v) is 14.9. The number of rotatable bonds is 7. The normalized spacial score (nSPS) is 19.1. The second-order valence-corrected chi connectivity index (χ2v) is 6.87. The minimum atomic E-state index is -0.0407. The Labute approximate surface area is 140 Å². The van der Waals surface area contributed by atoms with Gasteiger partial charge >= 0.3 is 0 Å². The Morgan fingerprint density at radius 2 is 1.91 bits per heavy atom. The van der Waals surface area contributed by atoms with Crippen LogP contribution in [-0.2, 0) is 17.8 Å². The lowest BCUT2D eigenvalue weighted by Gasteiger charge is -2.25. The number of imidazole rings is 1. The van der Waals surface area contributed by atoms with Crippen LogP contribution in [0, 0.1) is 5.92 Å². The first-order valence-corrected chi connectivity index (χ1v) is 9.13. The van der Waals surface area contributed by atoms with Gasteiger partial charge in [-0.15, -0.1) is 0 Å². The van der Waals surface area contributed by atoms with Crippen LogP contribution in [0.2, 0.25) is 0 Å². The number of hydrogen-bond donors (Lipinski definition) is 1. The molecule has 0 saturated carbocycles. The number of nitrogens with one attached hydrogen (secondary N) is 1. The van der Waals surface area contributed by atoms with Crippen molar-refractivity contribution in [3.63, 3.8) is 0 Å². The average molecular weight is 320 g/mol. The Morgan fingerprint density at radius 3 is 2.57 bits per heavy atom. The van der Waals surface area contributed by atoms with Crippen molar-refractivity contribution >= 4 is 5.91 Å². The predicted octanol–water partition coefficient (Wildman–Crippen LogP) is 2.46. The standard InChI is InChI=1S/C18H32N4O/c1-4-17-19-9-12-22(17)13-15(2)18(23)20-16(3)14-21-10-7-5-6-8-11-21/h9,12,15-16H,4-8,10-11,13-14H2,1-3H3,(H,20,23)/t15-,16+/m0/s1. The molecule has 5 nitrogen and oxygen atoms in total. The number of carbonyl (C=O) groups excluding carboxylic acids is 1. The van der Waals surface area contributed by atoms with Crippen LogP contribution < -0.4 is 5.32 Å². The molecule has 1 fully saturated rings. The second kappa shape index (κ2) is 9.06. The highest BCUT2D eigenvalue weighted by Gasteiger charge is 2.19. The molecule has 0 radical (unpaired) electrons. The van der Waals surface area contributed by atoms with Gasteiger partial charge in [-0.1, -0.05) is 26.7 Å². The molecule has 0 aliphatic carbocycles. The fraction of sp³-hybridized carbons (Fsp3) is 0.778. The lowest BCUT2D eigenvalue weighted by atomic mass is 10.1. The molecule has 2 heterocycles. The number of nitrogens with zero attached hydrogens (tertiary/aromatic N) is 3.